The third kappa shape index (κ3) is 4.00. The van der Waals surface area contributed by atoms with Crippen molar-refractivity contribution in [2.45, 2.75) is 25.9 Å². The van der Waals surface area contributed by atoms with Crippen molar-refractivity contribution in [1.29, 1.82) is 0 Å². The fraction of sp³-hybridized carbons (Fsp3) is 0.231. The summed E-state index contributed by atoms with van der Waals surface area (Å²) in [7, 11) is 1.57. The van der Waals surface area contributed by atoms with Crippen molar-refractivity contribution in [3.63, 3.8) is 0 Å². The Morgan fingerprint density at radius 2 is 2.03 bits per heavy atom. The second kappa shape index (κ2) is 8.75. The van der Waals surface area contributed by atoms with Gasteiger partial charge in [-0.05, 0) is 54.6 Å². The highest BCUT2D eigenvalue weighted by molar-refractivity contribution is 7.13. The van der Waals surface area contributed by atoms with E-state index in [1.807, 2.05) is 24.3 Å². The quantitative estimate of drug-likeness (QED) is 0.455. The first kappa shape index (κ1) is 21.3. The number of benzene rings is 2. The minimum absolute atomic E-state index is 0.0289. The number of hydrogen-bond acceptors (Lipinski definition) is 4. The highest BCUT2D eigenvalue weighted by atomic mass is 32.1. The van der Waals surface area contributed by atoms with Crippen LogP contribution in [0.4, 0.5) is 5.69 Å². The minimum atomic E-state index is -0.730. The maximum Gasteiger partial charge on any atom is 0.262 e. The summed E-state index contributed by atoms with van der Waals surface area (Å²) < 4.78 is 5.84. The normalized spacial score (nSPS) is 15.2. The maximum atomic E-state index is 13.4. The Balaban J connectivity index is 1.45. The molecule has 0 saturated carbocycles. The van der Waals surface area contributed by atoms with Gasteiger partial charge in [0.05, 0.1) is 22.8 Å². The van der Waals surface area contributed by atoms with Crippen molar-refractivity contribution < 1.29 is 14.3 Å². The van der Waals surface area contributed by atoms with Crippen LogP contribution in [0.1, 0.15) is 17.5 Å². The van der Waals surface area contributed by atoms with Crippen molar-refractivity contribution in [3.8, 4) is 16.3 Å². The molecule has 1 aliphatic heterocycles. The van der Waals surface area contributed by atoms with Gasteiger partial charge in [-0.15, -0.1) is 11.3 Å². The third-order valence-electron chi connectivity index (χ3n) is 6.03. The van der Waals surface area contributed by atoms with Crippen molar-refractivity contribution in [2.24, 2.45) is 0 Å². The number of anilines is 1. The Labute approximate surface area is 196 Å². The summed E-state index contributed by atoms with van der Waals surface area (Å²) in [5.41, 5.74) is 5.18. The lowest BCUT2D eigenvalue weighted by atomic mass is 10.0. The molecule has 2 aromatic carbocycles. The molecule has 3 heterocycles. The van der Waals surface area contributed by atoms with Crippen LogP contribution < -0.4 is 15.0 Å². The van der Waals surface area contributed by atoms with Gasteiger partial charge in [-0.25, -0.2) is 0 Å². The summed E-state index contributed by atoms with van der Waals surface area (Å²) in [5.74, 6) is 0.279. The molecule has 2 aromatic heterocycles. The number of rotatable bonds is 5. The van der Waals surface area contributed by atoms with Gasteiger partial charge in [0.1, 0.15) is 5.75 Å². The minimum Gasteiger partial charge on any atom is -0.477 e. The molecule has 0 unspecified atom stereocenters. The van der Waals surface area contributed by atoms with E-state index in [1.54, 1.807) is 29.4 Å². The molecule has 5 rings (SSSR count). The Kier molecular flexibility index (Phi) is 5.64. The number of para-hydroxylation sites is 2. The van der Waals surface area contributed by atoms with Crippen LogP contribution in [-0.2, 0) is 16.0 Å². The fourth-order valence-electron chi connectivity index (χ4n) is 4.39. The predicted molar refractivity (Wildman–Crippen MR) is 132 cm³/mol. The molecule has 1 atom stereocenters. The number of hydrogen-bond donors (Lipinski definition) is 2. The lowest BCUT2D eigenvalue weighted by molar-refractivity contribution is -0.127. The highest BCUT2D eigenvalue weighted by Crippen LogP contribution is 2.36. The molecule has 168 valence electrons. The number of carbonyl (C=O) groups excluding carboxylic acids is 2. The molecule has 0 fully saturated rings. The van der Waals surface area contributed by atoms with Gasteiger partial charge in [0.15, 0.2) is 6.10 Å². The topological polar surface area (TPSA) is 74.4 Å². The Morgan fingerprint density at radius 3 is 2.82 bits per heavy atom. The number of likely N-dealkylation sites (N-methyl/N-ethyl adjacent to an activating group) is 1. The van der Waals surface area contributed by atoms with Gasteiger partial charge in [0.2, 0.25) is 5.91 Å². The van der Waals surface area contributed by atoms with E-state index in [1.165, 1.54) is 5.56 Å². The zero-order valence-electron chi connectivity index (χ0n) is 18.6. The second-order valence-electron chi connectivity index (χ2n) is 8.20. The number of nitrogens with zero attached hydrogens (tertiary/aromatic N) is 1. The molecule has 0 aliphatic carbocycles. The molecule has 2 N–H and O–H groups in total. The van der Waals surface area contributed by atoms with E-state index in [0.717, 1.165) is 27.0 Å². The van der Waals surface area contributed by atoms with Gasteiger partial charge < -0.3 is 19.9 Å². The molecular weight excluding hydrogens is 434 g/mol. The van der Waals surface area contributed by atoms with Gasteiger partial charge in [-0.2, -0.15) is 0 Å². The first-order chi connectivity index (χ1) is 16.0. The third-order valence-corrected chi connectivity index (χ3v) is 6.92. The molecule has 0 spiro atoms. The zero-order valence-corrected chi connectivity index (χ0v) is 19.4. The monoisotopic (exact) mass is 459 g/mol. The molecular formula is C26H25N3O3S. The number of amides is 2. The number of thiophene rings is 1. The van der Waals surface area contributed by atoms with Crippen LogP contribution in [0, 0.1) is 6.92 Å². The Hall–Kier alpha value is -3.58. The van der Waals surface area contributed by atoms with Gasteiger partial charge in [0.25, 0.3) is 5.91 Å². The SMILES string of the molecule is CNC(=O)[C@H]1CN(C(=O)CCc2c(-c3cccs3)[nH]c3ccc(C)cc23)c2ccccc2O1. The Morgan fingerprint density at radius 1 is 1.18 bits per heavy atom. The molecule has 33 heavy (non-hydrogen) atoms. The smallest absolute Gasteiger partial charge is 0.262 e. The van der Waals surface area contributed by atoms with E-state index in [4.69, 9.17) is 4.74 Å². The van der Waals surface area contributed by atoms with E-state index in [9.17, 15) is 9.59 Å². The van der Waals surface area contributed by atoms with Crippen LogP contribution in [0.3, 0.4) is 0 Å². The predicted octanol–water partition coefficient (Wildman–Crippen LogP) is 4.68. The summed E-state index contributed by atoms with van der Waals surface area (Å²) in [4.78, 5) is 32.1. The number of aryl methyl sites for hydroxylation is 2. The number of aromatic amines is 1. The second-order valence-corrected chi connectivity index (χ2v) is 9.15. The summed E-state index contributed by atoms with van der Waals surface area (Å²) in [5, 5.41) is 5.83. The summed E-state index contributed by atoms with van der Waals surface area (Å²) in [6, 6.07) is 17.9. The zero-order chi connectivity index (χ0) is 22.9. The molecule has 0 radical (unpaired) electrons. The number of aromatic nitrogens is 1. The summed E-state index contributed by atoms with van der Waals surface area (Å²) in [6.07, 6.45) is 0.194. The lowest BCUT2D eigenvalue weighted by Gasteiger charge is -2.34. The van der Waals surface area contributed by atoms with Gasteiger partial charge in [-0.3, -0.25) is 9.59 Å². The Bertz CT molecular complexity index is 1330. The summed E-state index contributed by atoms with van der Waals surface area (Å²) >= 11 is 1.68. The van der Waals surface area contributed by atoms with E-state index in [-0.39, 0.29) is 18.4 Å². The number of H-pyrrole nitrogens is 1. The number of nitrogens with one attached hydrogen (secondary N) is 2. The van der Waals surface area contributed by atoms with Crippen molar-refractivity contribution >= 4 is 39.7 Å². The van der Waals surface area contributed by atoms with Gasteiger partial charge in [0, 0.05) is 24.4 Å². The van der Waals surface area contributed by atoms with E-state index < -0.39 is 6.10 Å². The lowest BCUT2D eigenvalue weighted by Crippen LogP contribution is -2.50. The standard InChI is InChI=1S/C26H25N3O3S/c1-16-9-11-19-18(14-16)17(25(28-19)23-8-5-13-33-23)10-12-24(30)29-15-22(26(31)27-2)32-21-7-4-3-6-20(21)29/h3-9,11,13-14,22,28H,10,12,15H2,1-2H3,(H,27,31)/t22-/m1/s1. The molecule has 7 heteroatoms. The van der Waals surface area contributed by atoms with Crippen LogP contribution in [0.25, 0.3) is 21.5 Å². The van der Waals surface area contributed by atoms with Crippen molar-refractivity contribution in [3.05, 3.63) is 71.1 Å². The van der Waals surface area contributed by atoms with E-state index in [2.05, 4.69) is 46.9 Å². The highest BCUT2D eigenvalue weighted by Gasteiger charge is 2.33. The molecule has 0 bridgehead atoms. The molecule has 2 amide bonds. The fourth-order valence-corrected chi connectivity index (χ4v) is 5.14. The number of fused-ring (bicyclic) bond motifs is 2. The largest absolute Gasteiger partial charge is 0.477 e. The van der Waals surface area contributed by atoms with Crippen molar-refractivity contribution in [1.82, 2.24) is 10.3 Å². The van der Waals surface area contributed by atoms with Crippen LogP contribution in [0.5, 0.6) is 5.75 Å². The van der Waals surface area contributed by atoms with Crippen LogP contribution in [0.15, 0.2) is 60.0 Å². The first-order valence-electron chi connectivity index (χ1n) is 11.0. The average molecular weight is 460 g/mol. The number of carbonyl (C=O) groups is 2. The maximum absolute atomic E-state index is 13.4. The van der Waals surface area contributed by atoms with Crippen molar-refractivity contribution in [2.75, 3.05) is 18.5 Å². The number of ether oxygens (including phenoxy) is 1. The van der Waals surface area contributed by atoms with Crippen LogP contribution in [0.2, 0.25) is 0 Å². The van der Waals surface area contributed by atoms with Gasteiger partial charge in [-0.1, -0.05) is 29.8 Å². The average Bonchev–Trinajstić information content (AvgIpc) is 3.49. The molecule has 0 saturated heterocycles. The summed E-state index contributed by atoms with van der Waals surface area (Å²) in [6.45, 7) is 2.27. The van der Waals surface area contributed by atoms with E-state index in [0.29, 0.717) is 24.3 Å². The molecule has 6 nitrogen and oxygen atoms in total. The van der Waals surface area contributed by atoms with E-state index >= 15 is 0 Å². The van der Waals surface area contributed by atoms with Gasteiger partial charge >= 0.3 is 0 Å². The molecule has 4 aromatic rings. The first-order valence-corrected chi connectivity index (χ1v) is 11.9. The molecule has 1 aliphatic rings. The van der Waals surface area contributed by atoms with Crippen LogP contribution >= 0.6 is 11.3 Å². The van der Waals surface area contributed by atoms with Crippen LogP contribution in [-0.4, -0.2) is 36.5 Å².